The van der Waals surface area contributed by atoms with E-state index in [1.54, 1.807) is 6.08 Å². The number of amides is 1. The zero-order valence-electron chi connectivity index (χ0n) is 58.6. The lowest BCUT2D eigenvalue weighted by molar-refractivity contribution is -0.870. The fourth-order valence-electron chi connectivity index (χ4n) is 10.4. The molecular weight excluding hydrogens is 1120 g/mol. The molecule has 3 atom stereocenters. The van der Waals surface area contributed by atoms with Crippen molar-refractivity contribution in [2.45, 2.75) is 328 Å². The molecule has 0 fully saturated rings. The molecule has 0 radical (unpaired) electrons. The summed E-state index contributed by atoms with van der Waals surface area (Å²) in [5.41, 5.74) is 0. The lowest BCUT2D eigenvalue weighted by Crippen LogP contribution is -2.45. The number of phosphoric acid groups is 1. The number of carbonyl (C=O) groups is 1. The van der Waals surface area contributed by atoms with E-state index in [2.05, 4.69) is 141 Å². The summed E-state index contributed by atoms with van der Waals surface area (Å²) in [6, 6.07) is -0.919. The number of nitrogens with zero attached hydrogens (tertiary/aromatic N) is 1. The predicted molar refractivity (Wildman–Crippen MR) is 389 cm³/mol. The third kappa shape index (κ3) is 71.9. The highest BCUT2D eigenvalue weighted by Crippen LogP contribution is 2.38. The monoisotopic (exact) mass is 1260 g/mol. The van der Waals surface area contributed by atoms with Crippen molar-refractivity contribution < 1.29 is 32.9 Å². The molecule has 2 N–H and O–H groups in total. The smallest absolute Gasteiger partial charge is 0.268 e. The van der Waals surface area contributed by atoms with Gasteiger partial charge in [-0.05, 0) is 109 Å². The third-order valence-electron chi connectivity index (χ3n) is 16.1. The van der Waals surface area contributed by atoms with Crippen molar-refractivity contribution in [2.24, 2.45) is 0 Å². The fraction of sp³-hybridized carbons (Fsp3) is 0.713. The van der Waals surface area contributed by atoms with Crippen LogP contribution in [0.15, 0.2) is 134 Å². The number of aliphatic hydroxyl groups excluding tert-OH is 1. The molecule has 0 rings (SSSR count). The number of carbonyl (C=O) groups excluding carboxylic acids is 1. The van der Waals surface area contributed by atoms with Crippen LogP contribution in [0, 0.1) is 0 Å². The Morgan fingerprint density at radius 3 is 1.04 bits per heavy atom. The number of phosphoric ester groups is 1. The first-order valence-electron chi connectivity index (χ1n) is 37.0. The summed E-state index contributed by atoms with van der Waals surface area (Å²) in [5, 5.41) is 13.9. The zero-order valence-corrected chi connectivity index (χ0v) is 59.5. The van der Waals surface area contributed by atoms with Crippen LogP contribution in [0.25, 0.3) is 0 Å². The number of allylic oxidation sites excluding steroid dienone is 21. The minimum Gasteiger partial charge on any atom is -0.756 e. The molecule has 0 aliphatic rings. The van der Waals surface area contributed by atoms with Crippen molar-refractivity contribution in [3.05, 3.63) is 134 Å². The molecule has 3 unspecified atom stereocenters. The summed E-state index contributed by atoms with van der Waals surface area (Å²) >= 11 is 0. The number of aliphatic hydroxyl groups is 1. The third-order valence-corrected chi connectivity index (χ3v) is 17.0. The minimum absolute atomic E-state index is 0.0131. The topological polar surface area (TPSA) is 108 Å². The molecule has 9 heteroatoms. The molecular formula is C80H141N2O6P. The Morgan fingerprint density at radius 1 is 0.404 bits per heavy atom. The van der Waals surface area contributed by atoms with Crippen LogP contribution in [0.3, 0.4) is 0 Å². The molecule has 0 spiro atoms. The van der Waals surface area contributed by atoms with Crippen LogP contribution in [-0.4, -0.2) is 68.5 Å². The van der Waals surface area contributed by atoms with Crippen LogP contribution in [0.2, 0.25) is 0 Å². The molecule has 0 saturated heterocycles. The second-order valence-corrected chi connectivity index (χ2v) is 27.3. The maximum atomic E-state index is 13.0. The van der Waals surface area contributed by atoms with Crippen LogP contribution in [0.1, 0.15) is 316 Å². The molecule has 0 aliphatic carbocycles. The molecule has 0 heterocycles. The van der Waals surface area contributed by atoms with Crippen LogP contribution >= 0.6 is 7.82 Å². The molecule has 1 amide bonds. The van der Waals surface area contributed by atoms with E-state index in [0.29, 0.717) is 17.4 Å². The van der Waals surface area contributed by atoms with Crippen molar-refractivity contribution in [3.63, 3.8) is 0 Å². The summed E-state index contributed by atoms with van der Waals surface area (Å²) in [4.78, 5) is 25.7. The lowest BCUT2D eigenvalue weighted by atomic mass is 10.0. The first kappa shape index (κ1) is 85.6. The van der Waals surface area contributed by atoms with E-state index in [4.69, 9.17) is 9.05 Å². The van der Waals surface area contributed by atoms with Crippen LogP contribution in [0.4, 0.5) is 0 Å². The van der Waals surface area contributed by atoms with Gasteiger partial charge in [0.1, 0.15) is 13.2 Å². The van der Waals surface area contributed by atoms with Gasteiger partial charge in [-0.1, -0.05) is 334 Å². The Hall–Kier alpha value is -3.36. The van der Waals surface area contributed by atoms with Crippen molar-refractivity contribution in [1.29, 1.82) is 0 Å². The SMILES string of the molecule is CC/C=C\C/C=C\C/C=C\C/C=C\C/C=C\C/C=C\C/C=C\C/C=C\CCCCCCCCCCCCCCCCCCC(=O)NC(COP(=O)([O-])OCC[N+](C)(C)C)C(O)/C=C/CC/C=C/CC/C=C/CCCCCCCCCCCCCCCCCC. The first-order chi connectivity index (χ1) is 43.5. The predicted octanol–water partition coefficient (Wildman–Crippen LogP) is 23.5. The summed E-state index contributed by atoms with van der Waals surface area (Å²) in [6.45, 7) is 4.53. The number of hydrogen-bond acceptors (Lipinski definition) is 6. The number of rotatable bonds is 67. The van der Waals surface area contributed by atoms with Gasteiger partial charge in [-0.25, -0.2) is 0 Å². The molecule has 8 nitrogen and oxygen atoms in total. The van der Waals surface area contributed by atoms with E-state index in [9.17, 15) is 19.4 Å². The molecule has 512 valence electrons. The Kier molecular flexibility index (Phi) is 66.4. The van der Waals surface area contributed by atoms with Crippen LogP contribution in [0.5, 0.6) is 0 Å². The largest absolute Gasteiger partial charge is 0.756 e. The van der Waals surface area contributed by atoms with E-state index in [-0.39, 0.29) is 12.5 Å². The Labute approximate surface area is 551 Å². The molecule has 0 aliphatic heterocycles. The second kappa shape index (κ2) is 69.0. The number of likely N-dealkylation sites (N-methyl/N-ethyl adjacent to an activating group) is 1. The first-order valence-corrected chi connectivity index (χ1v) is 38.5. The highest BCUT2D eigenvalue weighted by molar-refractivity contribution is 7.45. The highest BCUT2D eigenvalue weighted by atomic mass is 31.2. The van der Waals surface area contributed by atoms with Crippen LogP contribution < -0.4 is 10.2 Å². The summed E-state index contributed by atoms with van der Waals surface area (Å²) in [6.07, 6.45) is 104. The summed E-state index contributed by atoms with van der Waals surface area (Å²) < 4.78 is 23.4. The van der Waals surface area contributed by atoms with E-state index < -0.39 is 26.6 Å². The molecule has 0 bridgehead atoms. The van der Waals surface area contributed by atoms with E-state index >= 15 is 0 Å². The van der Waals surface area contributed by atoms with Gasteiger partial charge in [-0.15, -0.1) is 0 Å². The van der Waals surface area contributed by atoms with Crippen molar-refractivity contribution in [3.8, 4) is 0 Å². The van der Waals surface area contributed by atoms with E-state index in [1.807, 2.05) is 27.2 Å². The minimum atomic E-state index is -4.62. The van der Waals surface area contributed by atoms with Gasteiger partial charge in [0.05, 0.1) is 39.9 Å². The normalized spacial score (nSPS) is 14.4. The van der Waals surface area contributed by atoms with E-state index in [1.165, 1.54) is 199 Å². The van der Waals surface area contributed by atoms with Crippen molar-refractivity contribution in [1.82, 2.24) is 5.32 Å². The Balaban J connectivity index is 4.08. The Bertz CT molecular complexity index is 1920. The highest BCUT2D eigenvalue weighted by Gasteiger charge is 2.23. The molecule has 89 heavy (non-hydrogen) atoms. The van der Waals surface area contributed by atoms with Crippen molar-refractivity contribution >= 4 is 13.7 Å². The standard InChI is InChI=1S/C80H141N2O6P/c1-6-8-10-12-14-16-18-20-22-24-26-28-30-32-34-35-36-37-38-39-40-41-42-43-44-45-46-47-48-50-52-54-56-58-60-62-64-66-68-70-72-74-80(84)81-78(77-88-89(85,86)87-76-75-82(3,4)5)79(83)73-71-69-67-65-63-61-59-57-55-53-51-49-33-31-29-27-25-23-21-19-17-15-13-11-9-7-2/h8,10,14,16,20,22,26,28,32,34,36-37,39-40,42-43,55,57,63,65,71,73,78-79,83H,6-7,9,11-13,15,17-19,21,23-25,27,29-31,33,35,38,41,44-54,56,58-62,64,66-70,72,74-77H2,1-5H3,(H-,81,84,85,86)/b10-8-,16-14-,22-20-,28-26-,34-32-,37-36-,40-39-,43-42-,57-55+,65-63+,73-71+. The molecule has 0 saturated carbocycles. The van der Waals surface area contributed by atoms with E-state index in [0.717, 1.165) is 96.3 Å². The van der Waals surface area contributed by atoms with Gasteiger partial charge in [0, 0.05) is 6.42 Å². The molecule has 0 aromatic heterocycles. The Morgan fingerprint density at radius 2 is 0.697 bits per heavy atom. The number of nitrogens with one attached hydrogen (secondary N) is 1. The van der Waals surface area contributed by atoms with Crippen LogP contribution in [-0.2, 0) is 18.4 Å². The van der Waals surface area contributed by atoms with Gasteiger partial charge in [0.25, 0.3) is 7.82 Å². The number of hydrogen-bond donors (Lipinski definition) is 2. The maximum absolute atomic E-state index is 13.0. The van der Waals surface area contributed by atoms with Gasteiger partial charge >= 0.3 is 0 Å². The summed E-state index contributed by atoms with van der Waals surface area (Å²) in [7, 11) is 1.23. The van der Waals surface area contributed by atoms with Gasteiger partial charge < -0.3 is 28.8 Å². The molecule has 0 aromatic carbocycles. The number of quaternary nitrogens is 1. The zero-order chi connectivity index (χ0) is 64.8. The lowest BCUT2D eigenvalue weighted by Gasteiger charge is -2.29. The average molecular weight is 1260 g/mol. The second-order valence-electron chi connectivity index (χ2n) is 25.9. The maximum Gasteiger partial charge on any atom is 0.268 e. The van der Waals surface area contributed by atoms with Gasteiger partial charge in [-0.2, -0.15) is 0 Å². The average Bonchev–Trinajstić information content (AvgIpc) is 3.61. The quantitative estimate of drug-likeness (QED) is 0.0272. The van der Waals surface area contributed by atoms with Gasteiger partial charge in [-0.3, -0.25) is 9.36 Å². The van der Waals surface area contributed by atoms with Gasteiger partial charge in [0.15, 0.2) is 0 Å². The molecule has 0 aromatic rings. The summed E-state index contributed by atoms with van der Waals surface area (Å²) in [5.74, 6) is -0.212. The van der Waals surface area contributed by atoms with Crippen molar-refractivity contribution in [2.75, 3.05) is 40.9 Å². The number of unbranched alkanes of at least 4 members (excludes halogenated alkanes) is 34. The fourth-order valence-corrected chi connectivity index (χ4v) is 11.1. The van der Waals surface area contributed by atoms with Gasteiger partial charge in [0.2, 0.25) is 5.91 Å².